The Bertz CT molecular complexity index is 1090. The molecule has 1 heterocycles. The summed E-state index contributed by atoms with van der Waals surface area (Å²) in [5, 5.41) is 5.93. The molecule has 128 valence electrons. The lowest BCUT2D eigenvalue weighted by Crippen LogP contribution is -2.37. The van der Waals surface area contributed by atoms with Crippen LogP contribution in [0.3, 0.4) is 0 Å². The average Bonchev–Trinajstić information content (AvgIpc) is 3.10. The molecule has 0 radical (unpaired) electrons. The molecule has 0 aliphatic heterocycles. The van der Waals surface area contributed by atoms with Crippen LogP contribution in [-0.4, -0.2) is 16.9 Å². The minimum Gasteiger partial charge on any atom is -0.370 e. The number of hydrogen-bond acceptors (Lipinski definition) is 2. The first-order chi connectivity index (χ1) is 12.7. The number of nitrogens with one attached hydrogen (secondary N) is 2. The van der Waals surface area contributed by atoms with Crippen LogP contribution in [0.25, 0.3) is 21.7 Å². The van der Waals surface area contributed by atoms with Crippen molar-refractivity contribution in [2.45, 2.75) is 6.54 Å². The van der Waals surface area contributed by atoms with Gasteiger partial charge in [0.2, 0.25) is 0 Å². The van der Waals surface area contributed by atoms with E-state index in [1.54, 1.807) is 6.07 Å². The van der Waals surface area contributed by atoms with Crippen molar-refractivity contribution in [3.05, 3.63) is 84.1 Å². The molecule has 0 saturated heterocycles. The van der Waals surface area contributed by atoms with E-state index >= 15 is 0 Å². The maximum absolute atomic E-state index is 12.3. The second kappa shape index (κ2) is 6.72. The van der Waals surface area contributed by atoms with Crippen molar-refractivity contribution in [1.29, 1.82) is 0 Å². The third-order valence-electron chi connectivity index (χ3n) is 4.26. The molecule has 3 aromatic carbocycles. The summed E-state index contributed by atoms with van der Waals surface area (Å²) >= 11 is 0. The first-order valence-electron chi connectivity index (χ1n) is 8.36. The summed E-state index contributed by atoms with van der Waals surface area (Å²) in [4.78, 5) is 19.6. The Balaban J connectivity index is 1.46. The number of fused-ring (bicyclic) bond motifs is 2. The Labute approximate surface area is 150 Å². The second-order valence-corrected chi connectivity index (χ2v) is 6.11. The highest BCUT2D eigenvalue weighted by molar-refractivity contribution is 6.06. The normalized spacial score (nSPS) is 11.8. The maximum Gasteiger partial charge on any atom is 0.274 e. The highest BCUT2D eigenvalue weighted by Crippen LogP contribution is 2.16. The third-order valence-corrected chi connectivity index (χ3v) is 4.26. The predicted octanol–water partition coefficient (Wildman–Crippen LogP) is 3.57. The minimum absolute atomic E-state index is 0.0989. The predicted molar refractivity (Wildman–Crippen MR) is 105 cm³/mol. The van der Waals surface area contributed by atoms with E-state index in [-0.39, 0.29) is 11.9 Å². The molecule has 0 unspecified atom stereocenters. The molecular formula is C21H18N4O. The molecule has 4 rings (SSSR count). The van der Waals surface area contributed by atoms with Gasteiger partial charge in [0.1, 0.15) is 5.69 Å². The number of nitrogens with zero attached hydrogens (tertiary/aromatic N) is 1. The van der Waals surface area contributed by atoms with Gasteiger partial charge in [0.25, 0.3) is 5.91 Å². The van der Waals surface area contributed by atoms with E-state index in [0.29, 0.717) is 12.2 Å². The maximum atomic E-state index is 12.3. The summed E-state index contributed by atoms with van der Waals surface area (Å²) in [5.41, 5.74) is 8.27. The molecule has 0 bridgehead atoms. The Hall–Kier alpha value is -3.60. The van der Waals surface area contributed by atoms with Crippen LogP contribution in [0.4, 0.5) is 0 Å². The van der Waals surface area contributed by atoms with E-state index in [9.17, 15) is 4.79 Å². The van der Waals surface area contributed by atoms with Gasteiger partial charge in [-0.3, -0.25) is 10.1 Å². The van der Waals surface area contributed by atoms with E-state index in [1.165, 1.54) is 5.39 Å². The van der Waals surface area contributed by atoms with Crippen molar-refractivity contribution in [3.8, 4) is 0 Å². The number of nitrogens with two attached hydrogens (primary N) is 1. The fraction of sp³-hybridized carbons (Fsp3) is 0.0476. The number of hydrogen-bond donors (Lipinski definition) is 3. The van der Waals surface area contributed by atoms with Gasteiger partial charge in [0.15, 0.2) is 5.96 Å². The van der Waals surface area contributed by atoms with Crippen molar-refractivity contribution in [2.75, 3.05) is 0 Å². The van der Waals surface area contributed by atoms with Gasteiger partial charge in [-0.15, -0.1) is 0 Å². The first-order valence-corrected chi connectivity index (χ1v) is 8.36. The van der Waals surface area contributed by atoms with E-state index in [4.69, 9.17) is 5.73 Å². The van der Waals surface area contributed by atoms with Gasteiger partial charge < -0.3 is 10.7 Å². The molecule has 0 fully saturated rings. The Kier molecular flexibility index (Phi) is 4.11. The molecule has 4 aromatic rings. The smallest absolute Gasteiger partial charge is 0.274 e. The van der Waals surface area contributed by atoms with Crippen molar-refractivity contribution in [3.63, 3.8) is 0 Å². The molecule has 1 amide bonds. The number of benzene rings is 3. The van der Waals surface area contributed by atoms with Crippen molar-refractivity contribution >= 4 is 33.5 Å². The minimum atomic E-state index is -0.305. The van der Waals surface area contributed by atoms with Gasteiger partial charge in [-0.05, 0) is 34.5 Å². The van der Waals surface area contributed by atoms with E-state index in [2.05, 4.69) is 39.6 Å². The molecule has 1 aromatic heterocycles. The van der Waals surface area contributed by atoms with Crippen LogP contribution in [0.15, 0.2) is 77.8 Å². The zero-order valence-corrected chi connectivity index (χ0v) is 14.1. The van der Waals surface area contributed by atoms with E-state index < -0.39 is 0 Å². The van der Waals surface area contributed by atoms with Gasteiger partial charge >= 0.3 is 0 Å². The van der Waals surface area contributed by atoms with Gasteiger partial charge in [0, 0.05) is 10.9 Å². The molecule has 5 heteroatoms. The summed E-state index contributed by atoms with van der Waals surface area (Å²) in [7, 11) is 0. The zero-order chi connectivity index (χ0) is 17.9. The topological polar surface area (TPSA) is 83.3 Å². The molecule has 0 atom stereocenters. The molecular weight excluding hydrogens is 324 g/mol. The van der Waals surface area contributed by atoms with Gasteiger partial charge in [0.05, 0.1) is 6.54 Å². The zero-order valence-electron chi connectivity index (χ0n) is 14.1. The number of carbonyl (C=O) groups is 1. The number of para-hydroxylation sites is 1. The van der Waals surface area contributed by atoms with Crippen LogP contribution in [0.2, 0.25) is 0 Å². The molecule has 0 spiro atoms. The summed E-state index contributed by atoms with van der Waals surface area (Å²) < 4.78 is 0. The average molecular weight is 342 g/mol. The van der Waals surface area contributed by atoms with E-state index in [1.807, 2.05) is 42.5 Å². The fourth-order valence-corrected chi connectivity index (χ4v) is 2.93. The number of aromatic nitrogens is 1. The summed E-state index contributed by atoms with van der Waals surface area (Å²) in [5.74, 6) is -0.206. The number of amides is 1. The van der Waals surface area contributed by atoms with Gasteiger partial charge in [-0.1, -0.05) is 54.6 Å². The number of H-pyrrole nitrogens is 1. The number of rotatable bonds is 3. The lowest BCUT2D eigenvalue weighted by atomic mass is 10.1. The van der Waals surface area contributed by atoms with Crippen LogP contribution in [0.1, 0.15) is 16.1 Å². The highest BCUT2D eigenvalue weighted by Gasteiger charge is 2.10. The van der Waals surface area contributed by atoms with Crippen molar-refractivity contribution in [2.24, 2.45) is 10.7 Å². The van der Waals surface area contributed by atoms with E-state index in [0.717, 1.165) is 21.9 Å². The monoisotopic (exact) mass is 342 g/mol. The van der Waals surface area contributed by atoms with Crippen molar-refractivity contribution < 1.29 is 4.79 Å². The summed E-state index contributed by atoms with van der Waals surface area (Å²) in [6, 6.07) is 23.8. The molecule has 4 N–H and O–H groups in total. The van der Waals surface area contributed by atoms with Crippen LogP contribution < -0.4 is 11.1 Å². The number of carbonyl (C=O) groups excluding carboxylic acids is 1. The summed E-state index contributed by atoms with van der Waals surface area (Å²) in [6.45, 7) is 0.406. The quantitative estimate of drug-likeness (QED) is 0.393. The first kappa shape index (κ1) is 15.9. The van der Waals surface area contributed by atoms with Gasteiger partial charge in [-0.25, -0.2) is 4.99 Å². The molecule has 0 aliphatic carbocycles. The Morgan fingerprint density at radius 3 is 2.46 bits per heavy atom. The molecule has 5 nitrogen and oxygen atoms in total. The fourth-order valence-electron chi connectivity index (χ4n) is 2.93. The van der Waals surface area contributed by atoms with Crippen LogP contribution in [0.5, 0.6) is 0 Å². The lowest BCUT2D eigenvalue weighted by molar-refractivity contribution is 0.0972. The third kappa shape index (κ3) is 3.28. The molecule has 0 aliphatic rings. The Morgan fingerprint density at radius 1 is 0.923 bits per heavy atom. The second-order valence-electron chi connectivity index (χ2n) is 6.11. The SMILES string of the molecule is NC(=NCc1ccc2ccccc2c1)NC(=O)c1cc2ccccc2[nH]1. The number of aliphatic imine (C=N–C) groups is 1. The Morgan fingerprint density at radius 2 is 1.65 bits per heavy atom. The van der Waals surface area contributed by atoms with Crippen LogP contribution >= 0.6 is 0 Å². The highest BCUT2D eigenvalue weighted by atomic mass is 16.2. The lowest BCUT2D eigenvalue weighted by Gasteiger charge is -2.04. The van der Waals surface area contributed by atoms with Crippen molar-refractivity contribution in [1.82, 2.24) is 10.3 Å². The molecule has 26 heavy (non-hydrogen) atoms. The largest absolute Gasteiger partial charge is 0.370 e. The summed E-state index contributed by atoms with van der Waals surface area (Å²) in [6.07, 6.45) is 0. The van der Waals surface area contributed by atoms with Gasteiger partial charge in [-0.2, -0.15) is 0 Å². The number of guanidine groups is 1. The number of aromatic amines is 1. The molecule has 0 saturated carbocycles. The standard InChI is InChI=1S/C21H18N4O/c22-21(23-13-14-9-10-15-5-1-2-6-16(15)11-14)25-20(26)19-12-17-7-3-4-8-18(17)24-19/h1-12,24H,13H2,(H3,22,23,25,26). The van der Waals surface area contributed by atoms with Crippen LogP contribution in [0, 0.1) is 0 Å². The van der Waals surface area contributed by atoms with Crippen LogP contribution in [-0.2, 0) is 6.54 Å².